The number of rotatable bonds is 13. The monoisotopic (exact) mass is 971 g/mol. The fourth-order valence-electron chi connectivity index (χ4n) is 6.80. The minimum Gasteiger partial charge on any atom is -0.406 e. The minimum absolute atomic E-state index is 0.0710. The third kappa shape index (κ3) is 21.8. The molecule has 2 saturated heterocycles. The molecule has 0 spiro atoms. The lowest BCUT2D eigenvalue weighted by atomic mass is 9.91. The number of carbonyl (C=O) groups is 2. The van der Waals surface area contributed by atoms with Crippen molar-refractivity contribution < 1.29 is 45.4 Å². The van der Waals surface area contributed by atoms with Crippen molar-refractivity contribution in [3.05, 3.63) is 129 Å². The van der Waals surface area contributed by atoms with Crippen LogP contribution < -0.4 is 14.8 Å². The average molecular weight is 974 g/mol. The molecule has 16 heteroatoms. The van der Waals surface area contributed by atoms with E-state index in [1.165, 1.54) is 44.0 Å². The van der Waals surface area contributed by atoms with Crippen molar-refractivity contribution in [1.82, 2.24) is 10.2 Å². The van der Waals surface area contributed by atoms with Crippen LogP contribution in [0.15, 0.2) is 97.1 Å². The Morgan fingerprint density at radius 1 is 0.726 bits per heavy atom. The van der Waals surface area contributed by atoms with Gasteiger partial charge < -0.3 is 14.8 Å². The zero-order valence-electron chi connectivity index (χ0n) is 34.2. The fourth-order valence-corrected chi connectivity index (χ4v) is 7.38. The lowest BCUT2D eigenvalue weighted by Crippen LogP contribution is -2.39. The van der Waals surface area contributed by atoms with Gasteiger partial charge in [-0.05, 0) is 167 Å². The Bertz CT molecular complexity index is 1960. The van der Waals surface area contributed by atoms with Crippen LogP contribution in [0.3, 0.4) is 0 Å². The van der Waals surface area contributed by atoms with Crippen LogP contribution in [0.25, 0.3) is 0 Å². The number of likely N-dealkylation sites (tertiary alicyclic amines) is 1. The van der Waals surface area contributed by atoms with E-state index < -0.39 is 12.7 Å². The quantitative estimate of drug-likeness (QED) is 0.0810. The highest BCUT2D eigenvalue weighted by atomic mass is 79.9. The van der Waals surface area contributed by atoms with Gasteiger partial charge in [-0.3, -0.25) is 14.5 Å². The van der Waals surface area contributed by atoms with Crippen LogP contribution in [0.5, 0.6) is 11.5 Å². The molecule has 4 aromatic carbocycles. The Morgan fingerprint density at radius 2 is 1.16 bits per heavy atom. The van der Waals surface area contributed by atoms with E-state index in [0.717, 1.165) is 75.8 Å². The van der Waals surface area contributed by atoms with E-state index >= 15 is 0 Å². The maximum Gasteiger partial charge on any atom is 0.573 e. The van der Waals surface area contributed by atoms with Gasteiger partial charge in [0.25, 0.3) is 0 Å². The maximum atomic E-state index is 12.5. The van der Waals surface area contributed by atoms with Gasteiger partial charge in [0.1, 0.15) is 11.5 Å². The number of hydrogen-bond acceptors (Lipinski definition) is 7. The van der Waals surface area contributed by atoms with Gasteiger partial charge in [-0.2, -0.15) is 5.26 Å². The number of alkyl halides is 7. The van der Waals surface area contributed by atoms with Gasteiger partial charge in [-0.15, -0.1) is 26.3 Å². The van der Waals surface area contributed by atoms with Crippen LogP contribution in [-0.2, 0) is 12.8 Å². The van der Waals surface area contributed by atoms with Crippen LogP contribution in [0.4, 0.5) is 26.3 Å². The number of carbonyl (C=O) groups excluding carboxylic acids is 2. The number of nitrogens with one attached hydrogen (secondary N) is 1. The Morgan fingerprint density at radius 3 is 1.58 bits per heavy atom. The summed E-state index contributed by atoms with van der Waals surface area (Å²) in [5, 5.41) is 12.3. The Balaban J connectivity index is 0.000000265. The average Bonchev–Trinajstić information content (AvgIpc) is 3.23. The first-order valence-electron chi connectivity index (χ1n) is 20.0. The van der Waals surface area contributed by atoms with Gasteiger partial charge in [0.05, 0.1) is 17.9 Å². The second kappa shape index (κ2) is 27.1. The summed E-state index contributed by atoms with van der Waals surface area (Å²) >= 11 is 14.6. The number of ether oxygens (including phenoxy) is 2. The summed E-state index contributed by atoms with van der Waals surface area (Å²) in [7, 11) is 0. The van der Waals surface area contributed by atoms with E-state index in [0.29, 0.717) is 44.9 Å². The molecule has 0 aliphatic carbocycles. The summed E-state index contributed by atoms with van der Waals surface area (Å²) < 4.78 is 80.4. The zero-order valence-corrected chi connectivity index (χ0v) is 37.3. The maximum absolute atomic E-state index is 12.5. The first-order chi connectivity index (χ1) is 29.5. The third-order valence-electron chi connectivity index (χ3n) is 9.82. The van der Waals surface area contributed by atoms with Crippen molar-refractivity contribution in [2.75, 3.05) is 38.1 Å². The molecule has 2 aliphatic heterocycles. The molecule has 62 heavy (non-hydrogen) atoms. The highest BCUT2D eigenvalue weighted by Crippen LogP contribution is 2.27. The van der Waals surface area contributed by atoms with Crippen LogP contribution in [0, 0.1) is 23.2 Å². The molecule has 2 unspecified atom stereocenters. The predicted molar refractivity (Wildman–Crippen MR) is 234 cm³/mol. The largest absolute Gasteiger partial charge is 0.573 e. The smallest absolute Gasteiger partial charge is 0.406 e. The molecule has 1 N–H and O–H groups in total. The van der Waals surface area contributed by atoms with Crippen LogP contribution in [-0.4, -0.2) is 67.2 Å². The Kier molecular flexibility index (Phi) is 22.9. The van der Waals surface area contributed by atoms with Crippen molar-refractivity contribution >= 4 is 50.7 Å². The molecule has 0 bridgehead atoms. The molecule has 0 aromatic heterocycles. The molecule has 336 valence electrons. The van der Waals surface area contributed by atoms with E-state index in [4.69, 9.17) is 28.5 Å². The lowest BCUT2D eigenvalue weighted by Gasteiger charge is -2.32. The number of benzene rings is 4. The summed E-state index contributed by atoms with van der Waals surface area (Å²) in [6.45, 7) is 5.73. The molecule has 2 heterocycles. The SMILES string of the molecule is CC#N.FC(F)(F)Oc1ccc(CCC2CCCNC2)cc1.O=C(CBr)c1ccc(Cl)cc1.O=C(CN1CCCC(CCc2ccc(OC(F)(F)F)cc2)C1)c1ccc(Cl)cc1. The van der Waals surface area contributed by atoms with E-state index in [9.17, 15) is 35.9 Å². The number of piperidine rings is 2. The van der Waals surface area contributed by atoms with Crippen molar-refractivity contribution in [2.45, 2.75) is 71.0 Å². The Hall–Kier alpha value is -4.13. The Labute approximate surface area is 377 Å². The minimum atomic E-state index is -4.67. The number of hydrogen-bond donors (Lipinski definition) is 1. The highest BCUT2D eigenvalue weighted by molar-refractivity contribution is 9.09. The molecule has 6 rings (SSSR count). The molecule has 2 aliphatic rings. The molecule has 4 aromatic rings. The van der Waals surface area contributed by atoms with Gasteiger partial charge in [0.15, 0.2) is 11.6 Å². The van der Waals surface area contributed by atoms with Crippen LogP contribution in [0.2, 0.25) is 10.0 Å². The fraction of sp³-hybridized carbons (Fsp3) is 0.413. The molecule has 0 saturated carbocycles. The molecule has 0 radical (unpaired) electrons. The molecule has 0 amide bonds. The first kappa shape index (κ1) is 52.2. The topological polar surface area (TPSA) is 91.7 Å². The summed E-state index contributed by atoms with van der Waals surface area (Å²) in [5.41, 5.74) is 3.39. The second-order valence-electron chi connectivity index (χ2n) is 14.6. The van der Waals surface area contributed by atoms with Crippen LogP contribution >= 0.6 is 39.1 Å². The van der Waals surface area contributed by atoms with E-state index in [2.05, 4.69) is 35.6 Å². The number of ketones is 2. The normalized spacial score (nSPS) is 16.4. The van der Waals surface area contributed by atoms with Gasteiger partial charge >= 0.3 is 12.7 Å². The van der Waals surface area contributed by atoms with Crippen LogP contribution in [0.1, 0.15) is 77.3 Å². The van der Waals surface area contributed by atoms with Gasteiger partial charge in [-0.25, -0.2) is 0 Å². The zero-order chi connectivity index (χ0) is 45.5. The lowest BCUT2D eigenvalue weighted by molar-refractivity contribution is -0.275. The first-order valence-corrected chi connectivity index (χ1v) is 21.9. The molecular weight excluding hydrogens is 923 g/mol. The van der Waals surface area contributed by atoms with Crippen molar-refractivity contribution in [3.8, 4) is 17.6 Å². The number of nitriles is 1. The van der Waals surface area contributed by atoms with E-state index in [1.807, 2.05) is 0 Å². The molecule has 7 nitrogen and oxygen atoms in total. The second-order valence-corrected chi connectivity index (χ2v) is 16.1. The van der Waals surface area contributed by atoms with Gasteiger partial charge in [0.2, 0.25) is 0 Å². The number of halogens is 9. The molecule has 2 fully saturated rings. The van der Waals surface area contributed by atoms with Gasteiger partial charge in [-0.1, -0.05) is 63.4 Å². The summed E-state index contributed by atoms with van der Waals surface area (Å²) in [6, 6.07) is 27.7. The number of Topliss-reactive ketones (excluding diaryl/α,β-unsaturated/α-hetero) is 2. The van der Waals surface area contributed by atoms with Gasteiger partial charge in [0, 0.05) is 34.6 Å². The number of aryl methyl sites for hydroxylation is 2. The number of nitrogens with zero attached hydrogens (tertiary/aromatic N) is 2. The third-order valence-corrected chi connectivity index (χ3v) is 10.8. The van der Waals surface area contributed by atoms with E-state index in [1.54, 1.807) is 78.9 Å². The summed E-state index contributed by atoms with van der Waals surface area (Å²) in [5.74, 6) is 0.943. The van der Waals surface area contributed by atoms with E-state index in [-0.39, 0.29) is 23.1 Å². The summed E-state index contributed by atoms with van der Waals surface area (Å²) in [6.07, 6.45) is -0.999. The van der Waals surface area contributed by atoms with Crippen molar-refractivity contribution in [1.29, 1.82) is 5.26 Å². The van der Waals surface area contributed by atoms with Crippen molar-refractivity contribution in [3.63, 3.8) is 0 Å². The summed E-state index contributed by atoms with van der Waals surface area (Å²) in [4.78, 5) is 25.7. The standard InChI is InChI=1S/C22H23ClF3NO2.C14H18F3NO.C8H6BrClO.C2H3N/c23-19-9-7-18(8-10-19)21(28)15-27-13-1-2-17(14-27)4-3-16-5-11-20(12-6-16)29-22(24,25)26;15-14(16,17)19-13-7-5-11(6-8-13)3-4-12-2-1-9-18-10-12;9-5-8(11)6-1-3-7(10)4-2-6;1-2-3/h5-12,17H,1-4,13-15H2;5-8,12,18H,1-4,9-10H2;1-4H,5H2;1H3. The predicted octanol–water partition coefficient (Wildman–Crippen LogP) is 12.7. The highest BCUT2D eigenvalue weighted by Gasteiger charge is 2.32. The molecular formula is C46H50BrCl2F6N3O4. The molecule has 2 atom stereocenters. The van der Waals surface area contributed by atoms with Crippen molar-refractivity contribution in [2.24, 2.45) is 11.8 Å².